The van der Waals surface area contributed by atoms with Gasteiger partial charge < -0.3 is 9.64 Å². The van der Waals surface area contributed by atoms with Gasteiger partial charge in [0.05, 0.1) is 11.0 Å². The zero-order valence-corrected chi connectivity index (χ0v) is 12.5. The van der Waals surface area contributed by atoms with Gasteiger partial charge in [0.1, 0.15) is 16.6 Å². The third-order valence-electron chi connectivity index (χ3n) is 3.50. The van der Waals surface area contributed by atoms with E-state index in [1.165, 1.54) is 12.1 Å². The molecule has 1 saturated heterocycles. The van der Waals surface area contributed by atoms with Crippen molar-refractivity contribution in [1.29, 1.82) is 0 Å². The van der Waals surface area contributed by atoms with Crippen molar-refractivity contribution in [2.24, 2.45) is 0 Å². The number of ether oxygens (including phenoxy) is 1. The third-order valence-corrected chi connectivity index (χ3v) is 3.71. The number of halogens is 1. The standard InChI is InChI=1S/C15H14ClN3O3/c16-14-7-6-13(18-8-1-2-9-18)15(17-14)22-12-5-3-4-11(10-12)19(20)21/h3-7,10H,1-2,8-9H2. The van der Waals surface area contributed by atoms with Gasteiger partial charge in [-0.3, -0.25) is 10.1 Å². The van der Waals surface area contributed by atoms with Crippen LogP contribution in [-0.4, -0.2) is 23.0 Å². The molecule has 0 bridgehead atoms. The fourth-order valence-electron chi connectivity index (χ4n) is 2.46. The second-order valence-electron chi connectivity index (χ2n) is 5.01. The molecule has 0 N–H and O–H groups in total. The van der Waals surface area contributed by atoms with Crippen molar-refractivity contribution in [1.82, 2.24) is 4.98 Å². The smallest absolute Gasteiger partial charge is 0.273 e. The molecule has 0 amide bonds. The van der Waals surface area contributed by atoms with E-state index in [2.05, 4.69) is 9.88 Å². The van der Waals surface area contributed by atoms with Gasteiger partial charge in [0.15, 0.2) is 0 Å². The summed E-state index contributed by atoms with van der Waals surface area (Å²) in [5, 5.41) is 11.2. The van der Waals surface area contributed by atoms with E-state index in [-0.39, 0.29) is 5.69 Å². The van der Waals surface area contributed by atoms with Crippen molar-refractivity contribution in [3.05, 3.63) is 51.7 Å². The molecule has 0 radical (unpaired) electrons. The number of non-ortho nitro benzene ring substituents is 1. The largest absolute Gasteiger partial charge is 0.437 e. The Hall–Kier alpha value is -2.34. The van der Waals surface area contributed by atoms with Crippen LogP contribution in [-0.2, 0) is 0 Å². The van der Waals surface area contributed by atoms with Crippen LogP contribution in [0.4, 0.5) is 11.4 Å². The van der Waals surface area contributed by atoms with E-state index in [1.54, 1.807) is 18.2 Å². The quantitative estimate of drug-likeness (QED) is 0.483. The van der Waals surface area contributed by atoms with Crippen molar-refractivity contribution in [2.75, 3.05) is 18.0 Å². The van der Waals surface area contributed by atoms with Gasteiger partial charge in [0.25, 0.3) is 5.69 Å². The van der Waals surface area contributed by atoms with E-state index in [1.807, 2.05) is 6.07 Å². The molecule has 3 rings (SSSR count). The molecule has 0 aliphatic carbocycles. The summed E-state index contributed by atoms with van der Waals surface area (Å²) in [5.74, 6) is 0.735. The van der Waals surface area contributed by atoms with Crippen molar-refractivity contribution < 1.29 is 9.66 Å². The Morgan fingerprint density at radius 1 is 1.23 bits per heavy atom. The Bertz CT molecular complexity index is 702. The summed E-state index contributed by atoms with van der Waals surface area (Å²) in [4.78, 5) is 16.8. The fraction of sp³-hybridized carbons (Fsp3) is 0.267. The zero-order valence-electron chi connectivity index (χ0n) is 11.7. The van der Waals surface area contributed by atoms with Gasteiger partial charge in [-0.25, -0.2) is 0 Å². The van der Waals surface area contributed by atoms with Gasteiger partial charge in [0, 0.05) is 19.2 Å². The molecule has 0 saturated carbocycles. The van der Waals surface area contributed by atoms with Crippen LogP contribution in [0.25, 0.3) is 0 Å². The number of nitro benzene ring substituents is 1. The monoisotopic (exact) mass is 319 g/mol. The van der Waals surface area contributed by atoms with Crippen LogP contribution < -0.4 is 9.64 Å². The topological polar surface area (TPSA) is 68.5 Å². The number of nitro groups is 1. The molecule has 7 heteroatoms. The molecule has 0 atom stereocenters. The fourth-order valence-corrected chi connectivity index (χ4v) is 2.60. The van der Waals surface area contributed by atoms with Crippen molar-refractivity contribution in [3.63, 3.8) is 0 Å². The number of nitrogens with zero attached hydrogens (tertiary/aromatic N) is 3. The van der Waals surface area contributed by atoms with Crippen LogP contribution in [0.1, 0.15) is 12.8 Å². The summed E-state index contributed by atoms with van der Waals surface area (Å²) in [5.41, 5.74) is 0.829. The average molecular weight is 320 g/mol. The Labute approximate surface area is 132 Å². The van der Waals surface area contributed by atoms with Crippen molar-refractivity contribution in [2.45, 2.75) is 12.8 Å². The second kappa shape index (κ2) is 6.19. The third kappa shape index (κ3) is 3.12. The van der Waals surface area contributed by atoms with Gasteiger partial charge in [-0.2, -0.15) is 4.98 Å². The van der Waals surface area contributed by atoms with Crippen molar-refractivity contribution >= 4 is 23.0 Å². The molecule has 1 aromatic carbocycles. The van der Waals surface area contributed by atoms with Crippen LogP contribution in [0.15, 0.2) is 36.4 Å². The lowest BCUT2D eigenvalue weighted by Crippen LogP contribution is -2.18. The van der Waals surface area contributed by atoms with E-state index in [0.717, 1.165) is 31.6 Å². The minimum Gasteiger partial charge on any atom is -0.437 e. The highest BCUT2D eigenvalue weighted by Crippen LogP contribution is 2.34. The van der Waals surface area contributed by atoms with E-state index in [9.17, 15) is 10.1 Å². The highest BCUT2D eigenvalue weighted by molar-refractivity contribution is 6.29. The highest BCUT2D eigenvalue weighted by atomic mass is 35.5. The van der Waals surface area contributed by atoms with Crippen LogP contribution in [0.3, 0.4) is 0 Å². The Morgan fingerprint density at radius 3 is 2.73 bits per heavy atom. The molecule has 22 heavy (non-hydrogen) atoms. The van der Waals surface area contributed by atoms with Crippen LogP contribution in [0.5, 0.6) is 11.6 Å². The molecular weight excluding hydrogens is 306 g/mol. The lowest BCUT2D eigenvalue weighted by Gasteiger charge is -2.20. The van der Waals surface area contributed by atoms with Gasteiger partial charge >= 0.3 is 0 Å². The number of anilines is 1. The molecule has 0 spiro atoms. The predicted molar refractivity (Wildman–Crippen MR) is 83.9 cm³/mol. The van der Waals surface area contributed by atoms with Crippen LogP contribution in [0, 0.1) is 10.1 Å². The molecular formula is C15H14ClN3O3. The summed E-state index contributed by atoms with van der Waals surface area (Å²) in [6.07, 6.45) is 2.25. The Morgan fingerprint density at radius 2 is 2.00 bits per heavy atom. The lowest BCUT2D eigenvalue weighted by atomic mass is 10.3. The maximum Gasteiger partial charge on any atom is 0.273 e. The first-order valence-corrected chi connectivity index (χ1v) is 7.35. The molecule has 114 valence electrons. The number of rotatable bonds is 4. The number of benzene rings is 1. The Kier molecular flexibility index (Phi) is 4.11. The minimum atomic E-state index is -0.459. The molecule has 2 aromatic rings. The number of aromatic nitrogens is 1. The summed E-state index contributed by atoms with van der Waals surface area (Å²) in [7, 11) is 0. The molecule has 2 heterocycles. The first kappa shape index (κ1) is 14.6. The molecule has 1 aliphatic heterocycles. The van der Waals surface area contributed by atoms with Gasteiger partial charge in [-0.15, -0.1) is 0 Å². The first-order chi connectivity index (χ1) is 10.6. The maximum absolute atomic E-state index is 10.8. The molecule has 1 fully saturated rings. The normalized spacial score (nSPS) is 14.1. The van der Waals surface area contributed by atoms with E-state index >= 15 is 0 Å². The summed E-state index contributed by atoms with van der Waals surface area (Å²) in [6.45, 7) is 1.88. The van der Waals surface area contributed by atoms with E-state index in [4.69, 9.17) is 16.3 Å². The second-order valence-corrected chi connectivity index (χ2v) is 5.40. The number of pyridine rings is 1. The first-order valence-electron chi connectivity index (χ1n) is 6.97. The van der Waals surface area contributed by atoms with Crippen molar-refractivity contribution in [3.8, 4) is 11.6 Å². The van der Waals surface area contributed by atoms with E-state index in [0.29, 0.717) is 16.8 Å². The molecule has 0 unspecified atom stereocenters. The molecule has 6 nitrogen and oxygen atoms in total. The SMILES string of the molecule is O=[N+]([O-])c1cccc(Oc2nc(Cl)ccc2N2CCCC2)c1. The summed E-state index contributed by atoms with van der Waals surface area (Å²) in [6, 6.07) is 9.61. The van der Waals surface area contributed by atoms with Crippen LogP contribution in [0.2, 0.25) is 5.15 Å². The van der Waals surface area contributed by atoms with Gasteiger partial charge in [0.2, 0.25) is 5.88 Å². The molecule has 1 aliphatic rings. The lowest BCUT2D eigenvalue weighted by molar-refractivity contribution is -0.384. The predicted octanol–water partition coefficient (Wildman–Crippen LogP) is 4.04. The van der Waals surface area contributed by atoms with Crippen LogP contribution >= 0.6 is 11.6 Å². The zero-order chi connectivity index (χ0) is 15.5. The maximum atomic E-state index is 10.8. The highest BCUT2D eigenvalue weighted by Gasteiger charge is 2.19. The Balaban J connectivity index is 1.92. The molecule has 1 aromatic heterocycles. The number of hydrogen-bond donors (Lipinski definition) is 0. The average Bonchev–Trinajstić information content (AvgIpc) is 3.02. The van der Waals surface area contributed by atoms with Gasteiger partial charge in [-0.05, 0) is 31.0 Å². The minimum absolute atomic E-state index is 0.0257. The summed E-state index contributed by atoms with van der Waals surface area (Å²) < 4.78 is 5.75. The van der Waals surface area contributed by atoms with Gasteiger partial charge in [-0.1, -0.05) is 17.7 Å². The summed E-state index contributed by atoms with van der Waals surface area (Å²) >= 11 is 5.95. The number of hydrogen-bond acceptors (Lipinski definition) is 5. The van der Waals surface area contributed by atoms with E-state index < -0.39 is 4.92 Å².